The van der Waals surface area contributed by atoms with Gasteiger partial charge in [-0.2, -0.15) is 0 Å². The average molecular weight is 238 g/mol. The molecule has 0 bridgehead atoms. The summed E-state index contributed by atoms with van der Waals surface area (Å²) in [7, 11) is 1.83. The molecule has 0 aliphatic heterocycles. The number of nitrogens with two attached hydrogens (primary N) is 1. The van der Waals surface area contributed by atoms with Crippen LogP contribution in [-0.2, 0) is 4.74 Å². The van der Waals surface area contributed by atoms with Gasteiger partial charge in [-0.3, -0.25) is 0 Å². The SMILES string of the molecule is CCOCCN(C)c1ccc(N)cc1C(=O)O. The number of aromatic carboxylic acids is 1. The molecule has 0 amide bonds. The molecule has 0 spiro atoms. The molecule has 17 heavy (non-hydrogen) atoms. The van der Waals surface area contributed by atoms with E-state index in [-0.39, 0.29) is 5.56 Å². The number of carbonyl (C=O) groups is 1. The molecule has 94 valence electrons. The van der Waals surface area contributed by atoms with Crippen LogP contribution >= 0.6 is 0 Å². The van der Waals surface area contributed by atoms with Crippen LogP contribution in [0, 0.1) is 0 Å². The molecule has 0 heterocycles. The van der Waals surface area contributed by atoms with Gasteiger partial charge in [0, 0.05) is 25.9 Å². The quantitative estimate of drug-likeness (QED) is 0.579. The van der Waals surface area contributed by atoms with Crippen molar-refractivity contribution in [1.29, 1.82) is 0 Å². The van der Waals surface area contributed by atoms with Gasteiger partial charge in [-0.05, 0) is 25.1 Å². The van der Waals surface area contributed by atoms with Crippen LogP contribution in [0.1, 0.15) is 17.3 Å². The summed E-state index contributed by atoms with van der Waals surface area (Å²) in [5, 5.41) is 9.10. The van der Waals surface area contributed by atoms with E-state index in [9.17, 15) is 4.79 Å². The number of rotatable bonds is 6. The number of hydrogen-bond acceptors (Lipinski definition) is 4. The maximum atomic E-state index is 11.1. The normalized spacial score (nSPS) is 10.2. The van der Waals surface area contributed by atoms with Crippen molar-refractivity contribution in [2.24, 2.45) is 0 Å². The molecule has 0 unspecified atom stereocenters. The Balaban J connectivity index is 2.84. The second-order valence-corrected chi connectivity index (χ2v) is 3.70. The lowest BCUT2D eigenvalue weighted by Crippen LogP contribution is -2.24. The van der Waals surface area contributed by atoms with Gasteiger partial charge in [0.05, 0.1) is 17.9 Å². The average Bonchev–Trinajstić information content (AvgIpc) is 2.29. The first-order chi connectivity index (χ1) is 8.06. The van der Waals surface area contributed by atoms with Crippen LogP contribution in [0.25, 0.3) is 0 Å². The van der Waals surface area contributed by atoms with E-state index < -0.39 is 5.97 Å². The summed E-state index contributed by atoms with van der Waals surface area (Å²) in [6, 6.07) is 4.87. The highest BCUT2D eigenvalue weighted by Gasteiger charge is 2.13. The van der Waals surface area contributed by atoms with Crippen LogP contribution in [0.2, 0.25) is 0 Å². The van der Waals surface area contributed by atoms with Crippen LogP contribution in [0.4, 0.5) is 11.4 Å². The number of nitrogens with zero attached hydrogens (tertiary/aromatic N) is 1. The maximum absolute atomic E-state index is 11.1. The Hall–Kier alpha value is -1.75. The zero-order valence-corrected chi connectivity index (χ0v) is 10.1. The summed E-state index contributed by atoms with van der Waals surface area (Å²) < 4.78 is 5.24. The smallest absolute Gasteiger partial charge is 0.337 e. The van der Waals surface area contributed by atoms with Gasteiger partial charge in [0.2, 0.25) is 0 Å². The summed E-state index contributed by atoms with van der Waals surface area (Å²) in [6.07, 6.45) is 0. The largest absolute Gasteiger partial charge is 0.478 e. The lowest BCUT2D eigenvalue weighted by atomic mass is 10.1. The highest BCUT2D eigenvalue weighted by Crippen LogP contribution is 2.22. The summed E-state index contributed by atoms with van der Waals surface area (Å²) in [4.78, 5) is 12.9. The minimum absolute atomic E-state index is 0.212. The Kier molecular flexibility index (Phi) is 4.78. The zero-order chi connectivity index (χ0) is 12.8. The molecule has 5 heteroatoms. The molecule has 0 aliphatic rings. The molecular weight excluding hydrogens is 220 g/mol. The highest BCUT2D eigenvalue weighted by molar-refractivity contribution is 5.95. The fourth-order valence-electron chi connectivity index (χ4n) is 1.52. The van der Waals surface area contributed by atoms with Crippen LogP contribution in [0.15, 0.2) is 18.2 Å². The third-order valence-corrected chi connectivity index (χ3v) is 2.44. The molecule has 0 radical (unpaired) electrons. The van der Waals surface area contributed by atoms with E-state index in [0.717, 1.165) is 0 Å². The number of likely N-dealkylation sites (N-methyl/N-ethyl adjacent to an activating group) is 1. The molecular formula is C12H18N2O3. The molecule has 5 nitrogen and oxygen atoms in total. The van der Waals surface area contributed by atoms with Crippen LogP contribution in [0.3, 0.4) is 0 Å². The Morgan fingerprint density at radius 1 is 1.53 bits per heavy atom. The van der Waals surface area contributed by atoms with E-state index in [0.29, 0.717) is 31.1 Å². The molecule has 0 fully saturated rings. The summed E-state index contributed by atoms with van der Waals surface area (Å²) >= 11 is 0. The number of nitrogen functional groups attached to an aromatic ring is 1. The predicted molar refractivity (Wildman–Crippen MR) is 67.6 cm³/mol. The molecule has 0 atom stereocenters. The van der Waals surface area contributed by atoms with Gasteiger partial charge in [0.15, 0.2) is 0 Å². The second-order valence-electron chi connectivity index (χ2n) is 3.70. The van der Waals surface area contributed by atoms with Gasteiger partial charge in [0.1, 0.15) is 0 Å². The van der Waals surface area contributed by atoms with Crippen LogP contribution < -0.4 is 10.6 Å². The first kappa shape index (κ1) is 13.3. The van der Waals surface area contributed by atoms with E-state index in [2.05, 4.69) is 0 Å². The number of carboxylic acid groups (broad SMARTS) is 1. The van der Waals surface area contributed by atoms with E-state index in [4.69, 9.17) is 15.6 Å². The minimum atomic E-state index is -0.976. The number of anilines is 2. The van der Waals surface area contributed by atoms with Crippen molar-refractivity contribution in [2.45, 2.75) is 6.92 Å². The van der Waals surface area contributed by atoms with E-state index >= 15 is 0 Å². The second kappa shape index (κ2) is 6.10. The summed E-state index contributed by atoms with van der Waals surface area (Å²) in [6.45, 7) is 3.78. The van der Waals surface area contributed by atoms with Crippen LogP contribution in [0.5, 0.6) is 0 Å². The fourth-order valence-corrected chi connectivity index (χ4v) is 1.52. The van der Waals surface area contributed by atoms with Crippen molar-refractivity contribution in [3.8, 4) is 0 Å². The number of benzene rings is 1. The van der Waals surface area contributed by atoms with Crippen molar-refractivity contribution in [3.63, 3.8) is 0 Å². The molecule has 1 rings (SSSR count). The van der Waals surface area contributed by atoms with E-state index in [1.54, 1.807) is 12.1 Å². The highest BCUT2D eigenvalue weighted by atomic mass is 16.5. The molecule has 0 saturated carbocycles. The minimum Gasteiger partial charge on any atom is -0.478 e. The Morgan fingerprint density at radius 2 is 2.24 bits per heavy atom. The van der Waals surface area contributed by atoms with Crippen molar-refractivity contribution in [3.05, 3.63) is 23.8 Å². The molecule has 0 aliphatic carbocycles. The first-order valence-electron chi connectivity index (χ1n) is 5.48. The van der Waals surface area contributed by atoms with Crippen LogP contribution in [-0.4, -0.2) is 37.9 Å². The number of carboxylic acids is 1. The van der Waals surface area contributed by atoms with Crippen molar-refractivity contribution >= 4 is 17.3 Å². The van der Waals surface area contributed by atoms with Gasteiger partial charge in [0.25, 0.3) is 0 Å². The number of ether oxygens (including phenoxy) is 1. The zero-order valence-electron chi connectivity index (χ0n) is 10.1. The van der Waals surface area contributed by atoms with Gasteiger partial charge in [-0.1, -0.05) is 0 Å². The standard InChI is InChI=1S/C12H18N2O3/c1-3-17-7-6-14(2)11-5-4-9(13)8-10(11)12(15)16/h4-5,8H,3,6-7,13H2,1-2H3,(H,15,16). The molecule has 1 aromatic carbocycles. The van der Waals surface area contributed by atoms with Gasteiger partial charge in [-0.15, -0.1) is 0 Å². The maximum Gasteiger partial charge on any atom is 0.337 e. The topological polar surface area (TPSA) is 75.8 Å². The molecule has 0 saturated heterocycles. The fraction of sp³-hybridized carbons (Fsp3) is 0.417. The molecule has 1 aromatic rings. The summed E-state index contributed by atoms with van der Waals surface area (Å²) in [5.41, 5.74) is 6.89. The van der Waals surface area contributed by atoms with E-state index in [1.165, 1.54) is 6.07 Å². The molecule has 3 N–H and O–H groups in total. The third-order valence-electron chi connectivity index (χ3n) is 2.44. The Bertz CT molecular complexity index is 393. The van der Waals surface area contributed by atoms with Gasteiger partial charge >= 0.3 is 5.97 Å². The predicted octanol–water partition coefficient (Wildman–Crippen LogP) is 1.44. The van der Waals surface area contributed by atoms with Gasteiger partial charge < -0.3 is 20.5 Å². The van der Waals surface area contributed by atoms with Gasteiger partial charge in [-0.25, -0.2) is 4.79 Å². The number of hydrogen-bond donors (Lipinski definition) is 2. The lowest BCUT2D eigenvalue weighted by Gasteiger charge is -2.21. The van der Waals surface area contributed by atoms with E-state index in [1.807, 2.05) is 18.9 Å². The monoisotopic (exact) mass is 238 g/mol. The molecule has 0 aromatic heterocycles. The first-order valence-corrected chi connectivity index (χ1v) is 5.48. The Labute approximate surface area is 101 Å². The van der Waals surface area contributed by atoms with Crippen molar-refractivity contribution < 1.29 is 14.6 Å². The lowest BCUT2D eigenvalue weighted by molar-refractivity contribution is 0.0697. The Morgan fingerprint density at radius 3 is 2.82 bits per heavy atom. The van der Waals surface area contributed by atoms with Crippen molar-refractivity contribution in [2.75, 3.05) is 37.4 Å². The van der Waals surface area contributed by atoms with Crippen molar-refractivity contribution in [1.82, 2.24) is 0 Å². The third kappa shape index (κ3) is 3.64. The summed E-state index contributed by atoms with van der Waals surface area (Å²) in [5.74, 6) is -0.976.